The molecule has 154 valence electrons. The van der Waals surface area contributed by atoms with Gasteiger partial charge in [-0.05, 0) is 6.42 Å². The molecule has 1 aliphatic heterocycles. The Morgan fingerprint density at radius 1 is 1.39 bits per heavy atom. The van der Waals surface area contributed by atoms with Crippen LogP contribution in [0.2, 0.25) is 0 Å². The van der Waals surface area contributed by atoms with Crippen molar-refractivity contribution in [3.8, 4) is 0 Å². The highest BCUT2D eigenvalue weighted by molar-refractivity contribution is 7.09. The highest BCUT2D eigenvalue weighted by atomic mass is 32.1. The molecule has 0 aromatic carbocycles. The summed E-state index contributed by atoms with van der Waals surface area (Å²) in [5.74, 6) is -2.76. The maximum Gasteiger partial charge on any atom is 0.490 e. The van der Waals surface area contributed by atoms with Gasteiger partial charge in [-0.15, -0.1) is 17.9 Å². The number of carbonyl (C=O) groups is 1. The van der Waals surface area contributed by atoms with Crippen LogP contribution in [0, 0.1) is 0 Å². The van der Waals surface area contributed by atoms with Crippen molar-refractivity contribution >= 4 is 17.3 Å². The SMILES string of the molecule is C=CCOCc1ncn2c1CN(Cc1nccs1)CCC2.O=C(O)C(F)(F)F. The first-order valence-electron chi connectivity index (χ1n) is 8.43. The van der Waals surface area contributed by atoms with E-state index in [2.05, 4.69) is 26.0 Å². The van der Waals surface area contributed by atoms with E-state index in [1.165, 1.54) is 10.7 Å². The van der Waals surface area contributed by atoms with E-state index in [4.69, 9.17) is 14.6 Å². The second kappa shape index (κ2) is 10.3. The molecule has 2 aromatic rings. The number of hydrogen-bond donors (Lipinski definition) is 1. The van der Waals surface area contributed by atoms with Gasteiger partial charge in [0.15, 0.2) is 0 Å². The molecule has 7 nitrogen and oxygen atoms in total. The minimum Gasteiger partial charge on any atom is -0.475 e. The van der Waals surface area contributed by atoms with E-state index in [0.29, 0.717) is 13.2 Å². The summed E-state index contributed by atoms with van der Waals surface area (Å²) in [6.07, 6.45) is 1.64. The molecule has 0 saturated carbocycles. The number of carboxylic acid groups (broad SMARTS) is 1. The van der Waals surface area contributed by atoms with Gasteiger partial charge in [-0.1, -0.05) is 6.08 Å². The Balaban J connectivity index is 0.000000345. The number of rotatable bonds is 6. The third-order valence-corrected chi connectivity index (χ3v) is 4.60. The standard InChI is InChI=1S/C15H20N4OS.C2HF3O2/c1-2-7-20-11-13-14-9-18(10-15-16-4-8-21-15)5-3-6-19(14)12-17-13;3-2(4,5)1(6)7/h2,4,8,12H,1,3,5-7,9-11H2;(H,6,7). The molecule has 0 atom stereocenters. The first kappa shape index (κ1) is 22.1. The molecule has 11 heteroatoms. The van der Waals surface area contributed by atoms with Gasteiger partial charge in [-0.3, -0.25) is 4.90 Å². The molecule has 2 aromatic heterocycles. The largest absolute Gasteiger partial charge is 0.490 e. The highest BCUT2D eigenvalue weighted by Crippen LogP contribution is 2.19. The summed E-state index contributed by atoms with van der Waals surface area (Å²) >= 11 is 1.72. The number of fused-ring (bicyclic) bond motifs is 1. The minimum absolute atomic E-state index is 0.555. The van der Waals surface area contributed by atoms with E-state index in [0.717, 1.165) is 38.3 Å². The molecule has 0 radical (unpaired) electrons. The van der Waals surface area contributed by atoms with Crippen LogP contribution in [0.15, 0.2) is 30.6 Å². The van der Waals surface area contributed by atoms with Gasteiger partial charge < -0.3 is 14.4 Å². The lowest BCUT2D eigenvalue weighted by atomic mass is 10.3. The van der Waals surface area contributed by atoms with E-state index in [9.17, 15) is 13.2 Å². The second-order valence-electron chi connectivity index (χ2n) is 5.93. The van der Waals surface area contributed by atoms with Crippen LogP contribution in [-0.4, -0.2) is 49.8 Å². The molecule has 0 fully saturated rings. The minimum atomic E-state index is -5.08. The first-order chi connectivity index (χ1) is 13.3. The van der Waals surface area contributed by atoms with Crippen molar-refractivity contribution in [2.24, 2.45) is 0 Å². The van der Waals surface area contributed by atoms with Gasteiger partial charge in [0.05, 0.1) is 37.5 Å². The van der Waals surface area contributed by atoms with Crippen molar-refractivity contribution in [3.63, 3.8) is 0 Å². The zero-order chi connectivity index (χ0) is 20.6. The van der Waals surface area contributed by atoms with Gasteiger partial charge in [0.2, 0.25) is 0 Å². The summed E-state index contributed by atoms with van der Waals surface area (Å²) in [5.41, 5.74) is 2.32. The summed E-state index contributed by atoms with van der Waals surface area (Å²) in [4.78, 5) is 20.2. The van der Waals surface area contributed by atoms with Gasteiger partial charge >= 0.3 is 12.1 Å². The van der Waals surface area contributed by atoms with Gasteiger partial charge in [-0.2, -0.15) is 13.2 Å². The number of aromatic nitrogens is 3. The maximum atomic E-state index is 10.6. The number of alkyl halides is 3. The lowest BCUT2D eigenvalue weighted by Crippen LogP contribution is -2.23. The number of aryl methyl sites for hydroxylation is 1. The monoisotopic (exact) mass is 418 g/mol. The third-order valence-electron chi connectivity index (χ3n) is 3.84. The van der Waals surface area contributed by atoms with Crippen LogP contribution in [-0.2, 0) is 35.8 Å². The fourth-order valence-electron chi connectivity index (χ4n) is 2.60. The molecule has 0 spiro atoms. The number of imidazole rings is 1. The molecule has 3 rings (SSSR count). The molecule has 3 heterocycles. The first-order valence-corrected chi connectivity index (χ1v) is 9.31. The normalized spacial score (nSPS) is 14.5. The topological polar surface area (TPSA) is 80.5 Å². The number of thiazole rings is 1. The van der Waals surface area contributed by atoms with Crippen molar-refractivity contribution in [1.82, 2.24) is 19.4 Å². The second-order valence-corrected chi connectivity index (χ2v) is 6.91. The molecule has 0 aliphatic carbocycles. The van der Waals surface area contributed by atoms with Crippen LogP contribution in [0.25, 0.3) is 0 Å². The molecule has 0 saturated heterocycles. The van der Waals surface area contributed by atoms with E-state index >= 15 is 0 Å². The van der Waals surface area contributed by atoms with Crippen molar-refractivity contribution in [1.29, 1.82) is 0 Å². The molecule has 0 bridgehead atoms. The number of nitrogens with zero attached hydrogens (tertiary/aromatic N) is 4. The van der Waals surface area contributed by atoms with E-state index in [-0.39, 0.29) is 0 Å². The summed E-state index contributed by atoms with van der Waals surface area (Å²) in [6.45, 7) is 8.73. The quantitative estimate of drug-likeness (QED) is 0.574. The van der Waals surface area contributed by atoms with Crippen molar-refractivity contribution in [2.75, 3.05) is 13.2 Å². The molecular weight excluding hydrogens is 397 g/mol. The summed E-state index contributed by atoms with van der Waals surface area (Å²) in [5, 5.41) is 10.3. The van der Waals surface area contributed by atoms with Crippen LogP contribution in [0.1, 0.15) is 22.8 Å². The summed E-state index contributed by atoms with van der Waals surface area (Å²) in [7, 11) is 0. The van der Waals surface area contributed by atoms with Crippen LogP contribution in [0.4, 0.5) is 13.2 Å². The number of aliphatic carboxylic acids is 1. The van der Waals surface area contributed by atoms with Crippen molar-refractivity contribution < 1.29 is 27.8 Å². The Morgan fingerprint density at radius 2 is 2.14 bits per heavy atom. The Hall–Kier alpha value is -2.24. The molecule has 1 N–H and O–H groups in total. The number of ether oxygens (including phenoxy) is 1. The summed E-state index contributed by atoms with van der Waals surface area (Å²) < 4.78 is 39.5. The fraction of sp³-hybridized carbons (Fsp3) is 0.471. The Morgan fingerprint density at radius 3 is 2.75 bits per heavy atom. The van der Waals surface area contributed by atoms with Crippen molar-refractivity contribution in [3.05, 3.63) is 47.0 Å². The average Bonchev–Trinajstić information content (AvgIpc) is 3.21. The maximum absolute atomic E-state index is 10.6. The smallest absolute Gasteiger partial charge is 0.475 e. The van der Waals surface area contributed by atoms with Gasteiger partial charge in [0, 0.05) is 31.2 Å². The van der Waals surface area contributed by atoms with E-state index < -0.39 is 12.1 Å². The molecule has 28 heavy (non-hydrogen) atoms. The number of hydrogen-bond acceptors (Lipinski definition) is 6. The molecule has 1 aliphatic rings. The zero-order valence-corrected chi connectivity index (χ0v) is 15.9. The number of carboxylic acids is 1. The van der Waals surface area contributed by atoms with Gasteiger partial charge in [-0.25, -0.2) is 14.8 Å². The lowest BCUT2D eigenvalue weighted by molar-refractivity contribution is -0.192. The highest BCUT2D eigenvalue weighted by Gasteiger charge is 2.38. The third kappa shape index (κ3) is 6.73. The fourth-order valence-corrected chi connectivity index (χ4v) is 3.25. The predicted octanol–water partition coefficient (Wildman–Crippen LogP) is 3.08. The van der Waals surface area contributed by atoms with Crippen LogP contribution < -0.4 is 0 Å². The average molecular weight is 418 g/mol. The predicted molar refractivity (Wildman–Crippen MR) is 96.6 cm³/mol. The van der Waals surface area contributed by atoms with E-state index in [1.807, 2.05) is 17.9 Å². The molecule has 0 amide bonds. The van der Waals surface area contributed by atoms with Gasteiger partial charge in [0.25, 0.3) is 0 Å². The van der Waals surface area contributed by atoms with Gasteiger partial charge in [0.1, 0.15) is 5.01 Å². The van der Waals surface area contributed by atoms with Crippen molar-refractivity contribution in [2.45, 2.75) is 38.8 Å². The Kier molecular flexibility index (Phi) is 8.15. The summed E-state index contributed by atoms with van der Waals surface area (Å²) in [6, 6.07) is 0. The van der Waals surface area contributed by atoms with Crippen LogP contribution in [0.3, 0.4) is 0 Å². The Labute approximate surface area is 164 Å². The molecular formula is C17H21F3N4O3S. The number of halogens is 3. The lowest BCUT2D eigenvalue weighted by Gasteiger charge is -2.18. The van der Waals surface area contributed by atoms with E-state index in [1.54, 1.807) is 17.4 Å². The van der Waals surface area contributed by atoms with Crippen LogP contribution >= 0.6 is 11.3 Å². The zero-order valence-electron chi connectivity index (χ0n) is 15.1. The van der Waals surface area contributed by atoms with Crippen LogP contribution in [0.5, 0.6) is 0 Å². The molecule has 0 unspecified atom stereocenters. The Bertz CT molecular complexity index is 762.